The van der Waals surface area contributed by atoms with Crippen molar-refractivity contribution in [3.63, 3.8) is 0 Å². The average molecular weight is 730 g/mol. The second-order valence-corrected chi connectivity index (χ2v) is 15.7. The van der Waals surface area contributed by atoms with E-state index in [0.717, 1.165) is 16.7 Å². The maximum atomic E-state index is 5.19. The fraction of sp³-hybridized carbons (Fsp3) is 0.0192. The van der Waals surface area contributed by atoms with Crippen LogP contribution in [0.5, 0.6) is 0 Å². The van der Waals surface area contributed by atoms with Crippen molar-refractivity contribution in [2.24, 2.45) is 0 Å². The Kier molecular flexibility index (Phi) is 6.72. The molecule has 0 unspecified atom stereocenters. The van der Waals surface area contributed by atoms with Gasteiger partial charge in [0.15, 0.2) is 17.5 Å². The Morgan fingerprint density at radius 2 is 0.821 bits per heavy atom. The summed E-state index contributed by atoms with van der Waals surface area (Å²) < 4.78 is 2.46. The minimum Gasteiger partial charge on any atom is -0.208 e. The van der Waals surface area contributed by atoms with Gasteiger partial charge in [-0.25, -0.2) is 15.0 Å². The molecule has 8 aromatic carbocycles. The van der Waals surface area contributed by atoms with Gasteiger partial charge < -0.3 is 0 Å². The zero-order chi connectivity index (χ0) is 36.8. The van der Waals surface area contributed by atoms with Gasteiger partial charge in [0.25, 0.3) is 0 Å². The summed E-state index contributed by atoms with van der Waals surface area (Å²) >= 11 is 1.83. The Morgan fingerprint density at radius 1 is 0.339 bits per heavy atom. The SMILES string of the molecule is c1ccc(-c2nc(-c3ccccc3)nc(-c3cc(-c4cccc5c4-c4ccccc4C54c5ccccc5-c5ccccc54)c4c(c3)sc3ccccc34)n2)cc1. The summed E-state index contributed by atoms with van der Waals surface area (Å²) in [5.41, 5.74) is 15.4. The van der Waals surface area contributed by atoms with Gasteiger partial charge in [-0.05, 0) is 73.8 Å². The molecule has 2 heterocycles. The summed E-state index contributed by atoms with van der Waals surface area (Å²) in [6.45, 7) is 0. The third-order valence-electron chi connectivity index (χ3n) is 11.7. The first-order valence-electron chi connectivity index (χ1n) is 19.0. The molecule has 2 aliphatic rings. The fourth-order valence-electron chi connectivity index (χ4n) is 9.50. The van der Waals surface area contributed by atoms with Crippen LogP contribution in [0.2, 0.25) is 0 Å². The van der Waals surface area contributed by atoms with Gasteiger partial charge in [-0.2, -0.15) is 0 Å². The maximum absolute atomic E-state index is 5.19. The minimum atomic E-state index is -0.425. The normalized spacial score (nSPS) is 13.1. The lowest BCUT2D eigenvalue weighted by atomic mass is 9.70. The first-order valence-corrected chi connectivity index (χ1v) is 19.8. The molecule has 0 N–H and O–H groups in total. The summed E-state index contributed by atoms with van der Waals surface area (Å²) in [5.74, 6) is 1.96. The zero-order valence-corrected chi connectivity index (χ0v) is 31.0. The van der Waals surface area contributed by atoms with E-state index < -0.39 is 5.41 Å². The number of hydrogen-bond acceptors (Lipinski definition) is 4. The third-order valence-corrected chi connectivity index (χ3v) is 12.9. The lowest BCUT2D eigenvalue weighted by Gasteiger charge is -2.30. The smallest absolute Gasteiger partial charge is 0.164 e. The van der Waals surface area contributed by atoms with Crippen LogP contribution in [0, 0.1) is 0 Å². The van der Waals surface area contributed by atoms with Crippen LogP contribution in [0.25, 0.3) is 87.7 Å². The lowest BCUT2D eigenvalue weighted by molar-refractivity contribution is 0.794. The van der Waals surface area contributed by atoms with Gasteiger partial charge in [0.2, 0.25) is 0 Å². The van der Waals surface area contributed by atoms with Crippen molar-refractivity contribution in [3.8, 4) is 67.5 Å². The average Bonchev–Trinajstić information content (AvgIpc) is 3.91. The molecule has 56 heavy (non-hydrogen) atoms. The number of benzene rings is 8. The zero-order valence-electron chi connectivity index (χ0n) is 30.1. The van der Waals surface area contributed by atoms with Crippen molar-refractivity contribution in [3.05, 3.63) is 210 Å². The van der Waals surface area contributed by atoms with Gasteiger partial charge in [0, 0.05) is 36.9 Å². The van der Waals surface area contributed by atoms with Crippen LogP contribution in [0.4, 0.5) is 0 Å². The standard InChI is InChI=1S/C52H31N3S/c1-3-16-32(17-4-1)49-53-50(33-18-5-2-6-19-33)55-51(54-49)34-30-40(48-39-23-10-14-29-45(39)56-46(48)31-34)37-24-15-28-44-47(37)38-22-9-13-27-43(38)52(44)41-25-11-7-20-35(41)36-21-8-12-26-42(36)52/h1-31H. The highest BCUT2D eigenvalue weighted by atomic mass is 32.1. The molecule has 0 amide bonds. The van der Waals surface area contributed by atoms with E-state index in [1.807, 2.05) is 47.7 Å². The first kappa shape index (κ1) is 31.4. The van der Waals surface area contributed by atoms with E-state index in [9.17, 15) is 0 Å². The van der Waals surface area contributed by atoms with Gasteiger partial charge in [-0.3, -0.25) is 0 Å². The second kappa shape index (κ2) is 12.0. The number of nitrogens with zero attached hydrogens (tertiary/aromatic N) is 3. The summed E-state index contributed by atoms with van der Waals surface area (Å²) in [7, 11) is 0. The van der Waals surface area contributed by atoms with Crippen LogP contribution in [0.1, 0.15) is 22.3 Å². The van der Waals surface area contributed by atoms with E-state index in [0.29, 0.717) is 17.5 Å². The van der Waals surface area contributed by atoms with Gasteiger partial charge in [0.1, 0.15) is 0 Å². The molecule has 0 saturated carbocycles. The van der Waals surface area contributed by atoms with Crippen molar-refractivity contribution in [1.29, 1.82) is 0 Å². The van der Waals surface area contributed by atoms with Crippen LogP contribution in [0.3, 0.4) is 0 Å². The molecule has 12 rings (SSSR count). The molecule has 0 bridgehead atoms. The number of fused-ring (bicyclic) bond motifs is 13. The largest absolute Gasteiger partial charge is 0.208 e. The summed E-state index contributed by atoms with van der Waals surface area (Å²) in [6, 6.07) is 67.9. The van der Waals surface area contributed by atoms with E-state index in [1.165, 1.54) is 75.8 Å². The Labute approximate surface area is 328 Å². The quantitative estimate of drug-likeness (QED) is 0.181. The van der Waals surface area contributed by atoms with Crippen molar-refractivity contribution in [1.82, 2.24) is 15.0 Å². The van der Waals surface area contributed by atoms with Gasteiger partial charge >= 0.3 is 0 Å². The highest BCUT2D eigenvalue weighted by Gasteiger charge is 2.52. The Balaban J connectivity index is 1.17. The predicted molar refractivity (Wildman–Crippen MR) is 231 cm³/mol. The first-order chi connectivity index (χ1) is 27.8. The Morgan fingerprint density at radius 3 is 1.46 bits per heavy atom. The molecular weight excluding hydrogens is 699 g/mol. The molecule has 2 aromatic heterocycles. The molecule has 0 fully saturated rings. The third kappa shape index (κ3) is 4.36. The summed E-state index contributed by atoms with van der Waals surface area (Å²) in [6.07, 6.45) is 0. The van der Waals surface area contributed by atoms with E-state index in [2.05, 4.69) is 152 Å². The van der Waals surface area contributed by atoms with Gasteiger partial charge in [-0.1, -0.05) is 170 Å². The molecule has 1 spiro atoms. The topological polar surface area (TPSA) is 38.7 Å². The predicted octanol–water partition coefficient (Wildman–Crippen LogP) is 13.3. The van der Waals surface area contributed by atoms with Gasteiger partial charge in [-0.15, -0.1) is 11.3 Å². The monoisotopic (exact) mass is 729 g/mol. The van der Waals surface area contributed by atoms with Crippen molar-refractivity contribution >= 4 is 31.5 Å². The van der Waals surface area contributed by atoms with E-state index in [1.54, 1.807) is 0 Å². The Bertz CT molecular complexity index is 3100. The van der Waals surface area contributed by atoms with Crippen molar-refractivity contribution < 1.29 is 0 Å². The van der Waals surface area contributed by atoms with Crippen LogP contribution in [-0.4, -0.2) is 15.0 Å². The highest BCUT2D eigenvalue weighted by Crippen LogP contribution is 2.64. The molecular formula is C52H31N3S. The maximum Gasteiger partial charge on any atom is 0.164 e. The van der Waals surface area contributed by atoms with Crippen molar-refractivity contribution in [2.45, 2.75) is 5.41 Å². The molecule has 0 aliphatic heterocycles. The van der Waals surface area contributed by atoms with Crippen LogP contribution in [-0.2, 0) is 5.41 Å². The van der Waals surface area contributed by atoms with Gasteiger partial charge in [0.05, 0.1) is 5.41 Å². The van der Waals surface area contributed by atoms with E-state index in [-0.39, 0.29) is 0 Å². The number of aromatic nitrogens is 3. The molecule has 0 radical (unpaired) electrons. The molecule has 0 atom stereocenters. The molecule has 3 nitrogen and oxygen atoms in total. The molecule has 10 aromatic rings. The summed E-state index contributed by atoms with van der Waals surface area (Å²) in [4.78, 5) is 15.4. The molecule has 2 aliphatic carbocycles. The van der Waals surface area contributed by atoms with E-state index in [4.69, 9.17) is 15.0 Å². The lowest BCUT2D eigenvalue weighted by Crippen LogP contribution is -2.25. The van der Waals surface area contributed by atoms with E-state index >= 15 is 0 Å². The molecule has 4 heteroatoms. The molecule has 0 saturated heterocycles. The Hall–Kier alpha value is -7.01. The fourth-order valence-corrected chi connectivity index (χ4v) is 10.7. The number of hydrogen-bond donors (Lipinski definition) is 0. The molecule has 260 valence electrons. The van der Waals surface area contributed by atoms with Crippen molar-refractivity contribution in [2.75, 3.05) is 0 Å². The number of rotatable bonds is 4. The highest BCUT2D eigenvalue weighted by molar-refractivity contribution is 7.26. The van der Waals surface area contributed by atoms with Crippen LogP contribution >= 0.6 is 11.3 Å². The number of thiophene rings is 1. The van der Waals surface area contributed by atoms with Crippen LogP contribution in [0.15, 0.2) is 188 Å². The summed E-state index contributed by atoms with van der Waals surface area (Å²) in [5, 5.41) is 2.52. The van der Waals surface area contributed by atoms with Crippen LogP contribution < -0.4 is 0 Å². The second-order valence-electron chi connectivity index (χ2n) is 14.6. The minimum absolute atomic E-state index is 0.425.